The zero-order chi connectivity index (χ0) is 16.1. The summed E-state index contributed by atoms with van der Waals surface area (Å²) in [6.07, 6.45) is 8.24. The Balaban J connectivity index is 0.00000208. The van der Waals surface area contributed by atoms with Gasteiger partial charge in [-0.15, -0.1) is 12.4 Å². The monoisotopic (exact) mass is 349 g/mol. The highest BCUT2D eigenvalue weighted by Crippen LogP contribution is 2.20. The van der Waals surface area contributed by atoms with E-state index in [2.05, 4.69) is 10.6 Å². The van der Waals surface area contributed by atoms with Gasteiger partial charge in [-0.2, -0.15) is 0 Å². The minimum absolute atomic E-state index is 0. The first-order valence-electron chi connectivity index (χ1n) is 8.35. The lowest BCUT2D eigenvalue weighted by molar-refractivity contribution is -0.116. The predicted molar refractivity (Wildman–Crippen MR) is 97.6 cm³/mol. The Bertz CT molecular complexity index is 610. The second-order valence-electron chi connectivity index (χ2n) is 6.06. The highest BCUT2D eigenvalue weighted by atomic mass is 35.5. The average molecular weight is 350 g/mol. The van der Waals surface area contributed by atoms with Crippen molar-refractivity contribution in [2.45, 2.75) is 31.7 Å². The Kier molecular flexibility index (Phi) is 6.82. The Hall–Kier alpha value is -1.85. The van der Waals surface area contributed by atoms with Crippen molar-refractivity contribution < 1.29 is 9.59 Å². The molecule has 1 aromatic carbocycles. The lowest BCUT2D eigenvalue weighted by Crippen LogP contribution is -2.37. The van der Waals surface area contributed by atoms with E-state index in [9.17, 15) is 9.59 Å². The van der Waals surface area contributed by atoms with Crippen LogP contribution in [0.15, 0.2) is 36.4 Å². The number of likely N-dealkylation sites (tertiary alicyclic amines) is 1. The largest absolute Gasteiger partial charge is 0.339 e. The number of halogens is 1. The van der Waals surface area contributed by atoms with Gasteiger partial charge in [0.05, 0.1) is 11.3 Å². The van der Waals surface area contributed by atoms with E-state index in [0.29, 0.717) is 17.8 Å². The SMILES string of the molecule is Cl.O=C(Nc1ccccc1C(=O)N1CCCCCC1)C1C=CCN1. The third-order valence-corrected chi connectivity index (χ3v) is 4.38. The smallest absolute Gasteiger partial charge is 0.255 e. The summed E-state index contributed by atoms with van der Waals surface area (Å²) in [7, 11) is 0. The summed E-state index contributed by atoms with van der Waals surface area (Å²) in [5, 5.41) is 5.97. The number of rotatable bonds is 3. The molecule has 0 aromatic heterocycles. The van der Waals surface area contributed by atoms with Gasteiger partial charge in [-0.1, -0.05) is 37.1 Å². The zero-order valence-corrected chi connectivity index (χ0v) is 14.5. The van der Waals surface area contributed by atoms with Crippen LogP contribution in [0.5, 0.6) is 0 Å². The van der Waals surface area contributed by atoms with E-state index < -0.39 is 0 Å². The number of carbonyl (C=O) groups excluding carboxylic acids is 2. The van der Waals surface area contributed by atoms with Crippen LogP contribution in [0.4, 0.5) is 5.69 Å². The molecule has 0 saturated carbocycles. The van der Waals surface area contributed by atoms with E-state index in [1.807, 2.05) is 29.2 Å². The molecular weight excluding hydrogens is 326 g/mol. The van der Waals surface area contributed by atoms with Crippen molar-refractivity contribution >= 4 is 29.9 Å². The van der Waals surface area contributed by atoms with Crippen LogP contribution in [0.1, 0.15) is 36.0 Å². The van der Waals surface area contributed by atoms with Gasteiger partial charge in [0, 0.05) is 19.6 Å². The molecule has 1 saturated heterocycles. The van der Waals surface area contributed by atoms with Crippen molar-refractivity contribution in [1.82, 2.24) is 10.2 Å². The fraction of sp³-hybridized carbons (Fsp3) is 0.444. The van der Waals surface area contributed by atoms with Gasteiger partial charge >= 0.3 is 0 Å². The average Bonchev–Trinajstić information content (AvgIpc) is 2.98. The molecule has 1 atom stereocenters. The van der Waals surface area contributed by atoms with Gasteiger partial charge in [0.25, 0.3) is 5.91 Å². The fourth-order valence-corrected chi connectivity index (χ4v) is 3.08. The van der Waals surface area contributed by atoms with Crippen LogP contribution < -0.4 is 10.6 Å². The maximum absolute atomic E-state index is 12.8. The lowest BCUT2D eigenvalue weighted by atomic mass is 10.1. The van der Waals surface area contributed by atoms with Crippen molar-refractivity contribution in [3.8, 4) is 0 Å². The van der Waals surface area contributed by atoms with Gasteiger partial charge in [0.1, 0.15) is 6.04 Å². The second kappa shape index (κ2) is 8.85. The zero-order valence-electron chi connectivity index (χ0n) is 13.7. The number of para-hydroxylation sites is 1. The summed E-state index contributed by atoms with van der Waals surface area (Å²) in [4.78, 5) is 27.0. The van der Waals surface area contributed by atoms with Crippen LogP contribution in [-0.2, 0) is 4.79 Å². The second-order valence-corrected chi connectivity index (χ2v) is 6.06. The first kappa shape index (κ1) is 18.5. The van der Waals surface area contributed by atoms with Crippen LogP contribution in [-0.4, -0.2) is 42.4 Å². The summed E-state index contributed by atoms with van der Waals surface area (Å²) >= 11 is 0. The lowest BCUT2D eigenvalue weighted by Gasteiger charge is -2.22. The summed E-state index contributed by atoms with van der Waals surface area (Å²) in [6, 6.07) is 6.94. The van der Waals surface area contributed by atoms with Gasteiger partial charge in [0.15, 0.2) is 0 Å². The summed E-state index contributed by atoms with van der Waals surface area (Å²) in [6.45, 7) is 2.30. The minimum Gasteiger partial charge on any atom is -0.339 e. The molecule has 1 fully saturated rings. The van der Waals surface area contributed by atoms with Gasteiger partial charge in [-0.25, -0.2) is 0 Å². The van der Waals surface area contributed by atoms with E-state index in [-0.39, 0.29) is 30.3 Å². The molecule has 2 amide bonds. The van der Waals surface area contributed by atoms with Crippen LogP contribution >= 0.6 is 12.4 Å². The highest BCUT2D eigenvalue weighted by Gasteiger charge is 2.23. The Morgan fingerprint density at radius 1 is 1.08 bits per heavy atom. The third-order valence-electron chi connectivity index (χ3n) is 4.38. The standard InChI is InChI=1S/C18H23N3O2.ClH/c22-17(16-10-7-11-19-16)20-15-9-4-3-8-14(15)18(23)21-12-5-1-2-6-13-21;/h3-4,7-10,16,19H,1-2,5-6,11-13H2,(H,20,22);1H. The maximum Gasteiger partial charge on any atom is 0.255 e. The number of hydrogen-bond donors (Lipinski definition) is 2. The molecule has 1 aromatic rings. The van der Waals surface area contributed by atoms with Gasteiger partial charge < -0.3 is 10.2 Å². The van der Waals surface area contributed by atoms with Crippen molar-refractivity contribution in [1.29, 1.82) is 0 Å². The molecule has 5 nitrogen and oxygen atoms in total. The van der Waals surface area contributed by atoms with Crippen LogP contribution in [0.2, 0.25) is 0 Å². The molecular formula is C18H24ClN3O2. The molecule has 2 N–H and O–H groups in total. The molecule has 24 heavy (non-hydrogen) atoms. The topological polar surface area (TPSA) is 61.4 Å². The molecule has 0 aliphatic carbocycles. The number of benzene rings is 1. The summed E-state index contributed by atoms with van der Waals surface area (Å²) in [5.41, 5.74) is 1.17. The maximum atomic E-state index is 12.8. The molecule has 2 heterocycles. The normalized spacial score (nSPS) is 20.2. The highest BCUT2D eigenvalue weighted by molar-refractivity contribution is 6.05. The number of carbonyl (C=O) groups is 2. The van der Waals surface area contributed by atoms with Crippen molar-refractivity contribution in [2.75, 3.05) is 25.0 Å². The van der Waals surface area contributed by atoms with Crippen LogP contribution in [0, 0.1) is 0 Å². The Morgan fingerprint density at radius 2 is 1.79 bits per heavy atom. The quantitative estimate of drug-likeness (QED) is 0.824. The Morgan fingerprint density at radius 3 is 2.46 bits per heavy atom. The molecule has 2 aliphatic heterocycles. The van der Waals surface area contributed by atoms with Crippen molar-refractivity contribution in [3.05, 3.63) is 42.0 Å². The van der Waals surface area contributed by atoms with E-state index in [4.69, 9.17) is 0 Å². The van der Waals surface area contributed by atoms with Crippen molar-refractivity contribution in [2.24, 2.45) is 0 Å². The molecule has 6 heteroatoms. The number of nitrogens with one attached hydrogen (secondary N) is 2. The number of nitrogens with zero attached hydrogens (tertiary/aromatic N) is 1. The van der Waals surface area contributed by atoms with E-state index in [1.165, 1.54) is 12.8 Å². The molecule has 0 radical (unpaired) electrons. The summed E-state index contributed by atoms with van der Waals surface area (Å²) < 4.78 is 0. The number of anilines is 1. The predicted octanol–water partition coefficient (Wildman–Crippen LogP) is 2.59. The van der Waals surface area contributed by atoms with E-state index in [1.54, 1.807) is 12.1 Å². The Labute approximate surface area is 148 Å². The van der Waals surface area contributed by atoms with E-state index in [0.717, 1.165) is 25.9 Å². The molecule has 130 valence electrons. The van der Waals surface area contributed by atoms with Crippen LogP contribution in [0.25, 0.3) is 0 Å². The van der Waals surface area contributed by atoms with Gasteiger partial charge in [-0.3, -0.25) is 14.9 Å². The molecule has 3 rings (SSSR count). The van der Waals surface area contributed by atoms with Gasteiger partial charge in [-0.05, 0) is 25.0 Å². The van der Waals surface area contributed by atoms with Crippen molar-refractivity contribution in [3.63, 3.8) is 0 Å². The minimum atomic E-state index is -0.323. The number of hydrogen-bond acceptors (Lipinski definition) is 3. The van der Waals surface area contributed by atoms with E-state index >= 15 is 0 Å². The molecule has 0 spiro atoms. The molecule has 0 bridgehead atoms. The fourth-order valence-electron chi connectivity index (χ4n) is 3.08. The first-order chi connectivity index (χ1) is 11.3. The van der Waals surface area contributed by atoms with Gasteiger partial charge in [0.2, 0.25) is 5.91 Å². The number of amides is 2. The van der Waals surface area contributed by atoms with Crippen LogP contribution in [0.3, 0.4) is 0 Å². The summed E-state index contributed by atoms with van der Waals surface area (Å²) in [5.74, 6) is -0.118. The first-order valence-corrected chi connectivity index (χ1v) is 8.35. The molecule has 1 unspecified atom stereocenters. The third kappa shape index (κ3) is 4.36. The molecule has 2 aliphatic rings.